The monoisotopic (exact) mass is 384 g/mol. The molecule has 0 unspecified atom stereocenters. The van der Waals surface area contributed by atoms with Gasteiger partial charge in [0, 0.05) is 6.04 Å². The molecule has 3 heterocycles. The molecule has 148 valence electrons. The van der Waals surface area contributed by atoms with E-state index in [2.05, 4.69) is 15.4 Å². The summed E-state index contributed by atoms with van der Waals surface area (Å²) in [5.41, 5.74) is 1.47. The van der Waals surface area contributed by atoms with Crippen LogP contribution >= 0.6 is 0 Å². The van der Waals surface area contributed by atoms with Crippen molar-refractivity contribution in [2.75, 3.05) is 7.11 Å². The lowest BCUT2D eigenvalue weighted by Gasteiger charge is -2.20. The van der Waals surface area contributed by atoms with Gasteiger partial charge in [0.2, 0.25) is 0 Å². The van der Waals surface area contributed by atoms with Gasteiger partial charge in [-0.3, -0.25) is 4.79 Å². The van der Waals surface area contributed by atoms with E-state index >= 15 is 0 Å². The smallest absolute Gasteiger partial charge is 0.328 e. The minimum atomic E-state index is -0.757. The molecule has 0 saturated heterocycles. The lowest BCUT2D eigenvalue weighted by Crippen LogP contribution is -2.45. The SMILES string of the molecule is COC(=O)[C@@H](NC(=O)c1cc(-c2ccco2)nc2c1cnn2C(C)C)C(C)C. The summed E-state index contributed by atoms with van der Waals surface area (Å²) in [5.74, 6) is -0.470. The van der Waals surface area contributed by atoms with E-state index in [1.807, 2.05) is 27.7 Å². The molecule has 28 heavy (non-hydrogen) atoms. The van der Waals surface area contributed by atoms with Gasteiger partial charge in [-0.25, -0.2) is 14.5 Å². The number of ether oxygens (including phenoxy) is 1. The van der Waals surface area contributed by atoms with Crippen LogP contribution in [0.5, 0.6) is 0 Å². The molecule has 1 atom stereocenters. The number of furan rings is 1. The van der Waals surface area contributed by atoms with Gasteiger partial charge in [-0.2, -0.15) is 5.10 Å². The summed E-state index contributed by atoms with van der Waals surface area (Å²) in [6.45, 7) is 7.66. The molecule has 8 heteroatoms. The van der Waals surface area contributed by atoms with E-state index in [9.17, 15) is 9.59 Å². The number of hydrogen-bond acceptors (Lipinski definition) is 6. The number of pyridine rings is 1. The van der Waals surface area contributed by atoms with Crippen molar-refractivity contribution in [1.82, 2.24) is 20.1 Å². The van der Waals surface area contributed by atoms with Crippen molar-refractivity contribution in [3.05, 3.63) is 36.2 Å². The molecule has 0 bridgehead atoms. The van der Waals surface area contributed by atoms with Crippen LogP contribution in [0.25, 0.3) is 22.5 Å². The Bertz CT molecular complexity index is 989. The molecule has 8 nitrogen and oxygen atoms in total. The quantitative estimate of drug-likeness (QED) is 0.655. The molecule has 3 rings (SSSR count). The van der Waals surface area contributed by atoms with Crippen molar-refractivity contribution >= 4 is 22.9 Å². The second-order valence-electron chi connectivity index (χ2n) is 7.17. The van der Waals surface area contributed by atoms with Crippen LogP contribution in [-0.4, -0.2) is 39.8 Å². The van der Waals surface area contributed by atoms with Gasteiger partial charge in [0.15, 0.2) is 11.4 Å². The Labute approximate surface area is 162 Å². The van der Waals surface area contributed by atoms with Crippen LogP contribution < -0.4 is 5.32 Å². The molecule has 0 aliphatic rings. The number of rotatable bonds is 6. The zero-order chi connectivity index (χ0) is 20.4. The third-order valence-corrected chi connectivity index (χ3v) is 4.48. The predicted molar refractivity (Wildman–Crippen MR) is 104 cm³/mol. The maximum atomic E-state index is 13.1. The summed E-state index contributed by atoms with van der Waals surface area (Å²) < 4.78 is 12.0. The number of carbonyl (C=O) groups excluding carboxylic acids is 2. The number of hydrogen-bond donors (Lipinski definition) is 1. The lowest BCUT2D eigenvalue weighted by molar-refractivity contribution is -0.144. The normalized spacial score (nSPS) is 12.5. The largest absolute Gasteiger partial charge is 0.467 e. The maximum Gasteiger partial charge on any atom is 0.328 e. The number of carbonyl (C=O) groups is 2. The van der Waals surface area contributed by atoms with Crippen molar-refractivity contribution in [1.29, 1.82) is 0 Å². The van der Waals surface area contributed by atoms with E-state index < -0.39 is 17.9 Å². The zero-order valence-electron chi connectivity index (χ0n) is 16.6. The Morgan fingerprint density at radius 2 is 2.00 bits per heavy atom. The van der Waals surface area contributed by atoms with E-state index in [-0.39, 0.29) is 12.0 Å². The minimum Gasteiger partial charge on any atom is -0.467 e. The van der Waals surface area contributed by atoms with Crippen molar-refractivity contribution in [2.45, 2.75) is 39.8 Å². The highest BCUT2D eigenvalue weighted by Crippen LogP contribution is 2.27. The number of amides is 1. The highest BCUT2D eigenvalue weighted by molar-refractivity contribution is 6.07. The van der Waals surface area contributed by atoms with Crippen molar-refractivity contribution < 1.29 is 18.7 Å². The van der Waals surface area contributed by atoms with Gasteiger partial charge in [0.25, 0.3) is 5.91 Å². The highest BCUT2D eigenvalue weighted by atomic mass is 16.5. The van der Waals surface area contributed by atoms with Crippen LogP contribution in [0.2, 0.25) is 0 Å². The van der Waals surface area contributed by atoms with Crippen molar-refractivity contribution in [3.63, 3.8) is 0 Å². The van der Waals surface area contributed by atoms with E-state index in [1.165, 1.54) is 7.11 Å². The van der Waals surface area contributed by atoms with Crippen LogP contribution in [0.15, 0.2) is 35.1 Å². The maximum absolute atomic E-state index is 13.1. The summed E-state index contributed by atoms with van der Waals surface area (Å²) in [6.07, 6.45) is 3.17. The van der Waals surface area contributed by atoms with Crippen LogP contribution in [0.1, 0.15) is 44.1 Å². The number of aromatic nitrogens is 3. The van der Waals surface area contributed by atoms with Crippen LogP contribution in [0.3, 0.4) is 0 Å². The average Bonchev–Trinajstić information content (AvgIpc) is 3.33. The van der Waals surface area contributed by atoms with Crippen LogP contribution in [-0.2, 0) is 9.53 Å². The Morgan fingerprint density at radius 1 is 1.25 bits per heavy atom. The third-order valence-electron chi connectivity index (χ3n) is 4.48. The van der Waals surface area contributed by atoms with Gasteiger partial charge >= 0.3 is 5.97 Å². The molecule has 3 aromatic rings. The van der Waals surface area contributed by atoms with Gasteiger partial charge in [-0.15, -0.1) is 0 Å². The fourth-order valence-corrected chi connectivity index (χ4v) is 2.98. The lowest BCUT2D eigenvalue weighted by atomic mass is 10.0. The number of fused-ring (bicyclic) bond motifs is 1. The number of nitrogens with one attached hydrogen (secondary N) is 1. The molecule has 1 amide bonds. The molecule has 0 aromatic carbocycles. The number of methoxy groups -OCH3 is 1. The molecule has 0 spiro atoms. The summed E-state index contributed by atoms with van der Waals surface area (Å²) in [4.78, 5) is 29.8. The second kappa shape index (κ2) is 7.84. The summed E-state index contributed by atoms with van der Waals surface area (Å²) in [7, 11) is 1.30. The highest BCUT2D eigenvalue weighted by Gasteiger charge is 2.27. The van der Waals surface area contributed by atoms with Crippen LogP contribution in [0, 0.1) is 5.92 Å². The molecule has 0 aliphatic carbocycles. The van der Waals surface area contributed by atoms with E-state index in [0.29, 0.717) is 28.1 Å². The zero-order valence-corrected chi connectivity index (χ0v) is 16.6. The molecule has 3 aromatic heterocycles. The van der Waals surface area contributed by atoms with E-state index in [4.69, 9.17) is 9.15 Å². The van der Waals surface area contributed by atoms with Gasteiger partial charge in [0.1, 0.15) is 11.7 Å². The minimum absolute atomic E-state index is 0.0613. The molecule has 0 saturated carbocycles. The first-order valence-electron chi connectivity index (χ1n) is 9.14. The Hall–Kier alpha value is -3.16. The fourth-order valence-electron chi connectivity index (χ4n) is 2.98. The first kappa shape index (κ1) is 19.6. The van der Waals surface area contributed by atoms with E-state index in [1.54, 1.807) is 35.3 Å². The Kier molecular flexibility index (Phi) is 5.48. The van der Waals surface area contributed by atoms with Gasteiger partial charge in [-0.1, -0.05) is 13.8 Å². The van der Waals surface area contributed by atoms with Crippen molar-refractivity contribution in [3.8, 4) is 11.5 Å². The van der Waals surface area contributed by atoms with Crippen molar-refractivity contribution in [2.24, 2.45) is 5.92 Å². The average molecular weight is 384 g/mol. The second-order valence-corrected chi connectivity index (χ2v) is 7.17. The number of nitrogens with zero attached hydrogens (tertiary/aromatic N) is 3. The van der Waals surface area contributed by atoms with E-state index in [0.717, 1.165) is 0 Å². The van der Waals surface area contributed by atoms with Gasteiger partial charge < -0.3 is 14.5 Å². The van der Waals surface area contributed by atoms with Gasteiger partial charge in [-0.05, 0) is 38.0 Å². The standard InChI is InChI=1S/C20H24N4O4/c1-11(2)17(20(26)27-5)23-19(25)13-9-15(16-7-6-8-28-16)22-18-14(13)10-21-24(18)12(3)4/h6-12,17H,1-5H3,(H,23,25)/t17-/m0/s1. The first-order chi connectivity index (χ1) is 13.3. The summed E-state index contributed by atoms with van der Waals surface area (Å²) in [5, 5.41) is 7.76. The Morgan fingerprint density at radius 3 is 2.57 bits per heavy atom. The van der Waals surface area contributed by atoms with Gasteiger partial charge in [0.05, 0.1) is 30.5 Å². The Balaban J connectivity index is 2.11. The number of esters is 1. The molecule has 0 aliphatic heterocycles. The summed E-state index contributed by atoms with van der Waals surface area (Å²) in [6, 6.07) is 4.49. The topological polar surface area (TPSA) is 99.2 Å². The molecular formula is C20H24N4O4. The molecule has 0 fully saturated rings. The first-order valence-corrected chi connectivity index (χ1v) is 9.14. The molecular weight excluding hydrogens is 360 g/mol. The molecule has 1 N–H and O–H groups in total. The third kappa shape index (κ3) is 3.62. The molecule has 0 radical (unpaired) electrons. The fraction of sp³-hybridized carbons (Fsp3) is 0.400. The summed E-state index contributed by atoms with van der Waals surface area (Å²) >= 11 is 0. The predicted octanol–water partition coefficient (Wildman–Crippen LogP) is 3.20. The van der Waals surface area contributed by atoms with Crippen LogP contribution in [0.4, 0.5) is 0 Å².